The van der Waals surface area contributed by atoms with Crippen LogP contribution in [-0.2, 0) is 19.1 Å². The molecular weight excluding hydrogens is 172 g/mol. The SMILES string of the molecule is COC(=O)C1CCC2CC1C(=O)O2. The molecule has 0 N–H and O–H groups in total. The predicted octanol–water partition coefficient (Wildman–Crippen LogP) is 0.501. The summed E-state index contributed by atoms with van der Waals surface area (Å²) in [6.45, 7) is 0. The van der Waals surface area contributed by atoms with Crippen molar-refractivity contribution >= 4 is 11.9 Å². The molecule has 1 aliphatic carbocycles. The molecule has 1 saturated carbocycles. The summed E-state index contributed by atoms with van der Waals surface area (Å²) in [5, 5.41) is 0. The van der Waals surface area contributed by atoms with Gasteiger partial charge in [0.05, 0.1) is 18.9 Å². The van der Waals surface area contributed by atoms with E-state index < -0.39 is 0 Å². The zero-order valence-corrected chi connectivity index (χ0v) is 7.49. The van der Waals surface area contributed by atoms with Crippen LogP contribution in [0.3, 0.4) is 0 Å². The summed E-state index contributed by atoms with van der Waals surface area (Å²) in [5.41, 5.74) is 0. The predicted molar refractivity (Wildman–Crippen MR) is 42.7 cm³/mol. The lowest BCUT2D eigenvalue weighted by molar-refractivity contribution is -0.153. The van der Waals surface area contributed by atoms with E-state index in [1.54, 1.807) is 0 Å². The lowest BCUT2D eigenvalue weighted by Crippen LogP contribution is -2.30. The van der Waals surface area contributed by atoms with Crippen molar-refractivity contribution in [1.29, 1.82) is 0 Å². The number of rotatable bonds is 1. The largest absolute Gasteiger partial charge is 0.469 e. The number of carbonyl (C=O) groups excluding carboxylic acids is 2. The van der Waals surface area contributed by atoms with Gasteiger partial charge in [0.25, 0.3) is 0 Å². The Morgan fingerprint density at radius 3 is 3.00 bits per heavy atom. The molecule has 2 fully saturated rings. The molecule has 13 heavy (non-hydrogen) atoms. The van der Waals surface area contributed by atoms with Gasteiger partial charge in [0.2, 0.25) is 0 Å². The molecule has 0 radical (unpaired) electrons. The maximum atomic E-state index is 11.3. The van der Waals surface area contributed by atoms with Gasteiger partial charge in [-0.15, -0.1) is 0 Å². The summed E-state index contributed by atoms with van der Waals surface area (Å²) in [5.74, 6) is -1.01. The molecule has 2 rings (SSSR count). The molecule has 2 bridgehead atoms. The molecule has 0 aromatic heterocycles. The third kappa shape index (κ3) is 1.30. The van der Waals surface area contributed by atoms with Gasteiger partial charge in [0, 0.05) is 0 Å². The van der Waals surface area contributed by atoms with Gasteiger partial charge >= 0.3 is 11.9 Å². The van der Waals surface area contributed by atoms with E-state index in [-0.39, 0.29) is 29.9 Å². The molecule has 2 aliphatic rings. The second kappa shape index (κ2) is 3.01. The van der Waals surface area contributed by atoms with Crippen molar-refractivity contribution in [3.8, 4) is 0 Å². The molecule has 0 amide bonds. The van der Waals surface area contributed by atoms with Crippen molar-refractivity contribution < 1.29 is 19.1 Å². The number of hydrogen-bond donors (Lipinski definition) is 0. The van der Waals surface area contributed by atoms with Crippen molar-refractivity contribution in [2.75, 3.05) is 7.11 Å². The Kier molecular flexibility index (Phi) is 1.98. The van der Waals surface area contributed by atoms with Crippen molar-refractivity contribution in [2.45, 2.75) is 25.4 Å². The van der Waals surface area contributed by atoms with E-state index in [4.69, 9.17) is 4.74 Å². The minimum absolute atomic E-state index is 0.0541. The molecule has 1 aliphatic heterocycles. The van der Waals surface area contributed by atoms with E-state index in [1.165, 1.54) is 7.11 Å². The first-order valence-corrected chi connectivity index (χ1v) is 4.50. The van der Waals surface area contributed by atoms with Gasteiger partial charge in [0.1, 0.15) is 6.10 Å². The minimum Gasteiger partial charge on any atom is -0.469 e. The lowest BCUT2D eigenvalue weighted by Gasteiger charge is -2.21. The molecule has 0 aromatic rings. The Hall–Kier alpha value is -1.06. The molecule has 3 unspecified atom stereocenters. The maximum Gasteiger partial charge on any atom is 0.310 e. The number of methoxy groups -OCH3 is 1. The van der Waals surface area contributed by atoms with Crippen LogP contribution in [0.15, 0.2) is 0 Å². The fourth-order valence-corrected chi connectivity index (χ4v) is 2.18. The van der Waals surface area contributed by atoms with E-state index in [0.717, 1.165) is 6.42 Å². The third-order valence-corrected chi connectivity index (χ3v) is 2.89. The van der Waals surface area contributed by atoms with Gasteiger partial charge < -0.3 is 9.47 Å². The van der Waals surface area contributed by atoms with Crippen LogP contribution >= 0.6 is 0 Å². The summed E-state index contributed by atoms with van der Waals surface area (Å²) >= 11 is 0. The van der Waals surface area contributed by atoms with E-state index in [9.17, 15) is 9.59 Å². The lowest BCUT2D eigenvalue weighted by atomic mass is 9.80. The Morgan fingerprint density at radius 2 is 2.31 bits per heavy atom. The van der Waals surface area contributed by atoms with Crippen molar-refractivity contribution in [3.05, 3.63) is 0 Å². The zero-order valence-electron chi connectivity index (χ0n) is 7.49. The van der Waals surface area contributed by atoms with Crippen LogP contribution in [0.1, 0.15) is 19.3 Å². The van der Waals surface area contributed by atoms with E-state index in [0.29, 0.717) is 12.8 Å². The Labute approximate surface area is 76.2 Å². The average molecular weight is 184 g/mol. The number of carbonyl (C=O) groups is 2. The van der Waals surface area contributed by atoms with Crippen molar-refractivity contribution in [1.82, 2.24) is 0 Å². The van der Waals surface area contributed by atoms with E-state index >= 15 is 0 Å². The number of fused-ring (bicyclic) bond motifs is 2. The summed E-state index contributed by atoms with van der Waals surface area (Å²) in [7, 11) is 1.36. The molecule has 72 valence electrons. The maximum absolute atomic E-state index is 11.3. The minimum atomic E-state index is -0.276. The molecule has 4 nitrogen and oxygen atoms in total. The Bertz CT molecular complexity index is 248. The highest BCUT2D eigenvalue weighted by atomic mass is 16.6. The van der Waals surface area contributed by atoms with E-state index in [1.807, 2.05) is 0 Å². The highest BCUT2D eigenvalue weighted by molar-refractivity contribution is 5.83. The number of hydrogen-bond acceptors (Lipinski definition) is 4. The highest BCUT2D eigenvalue weighted by Crippen LogP contribution is 2.38. The first-order valence-electron chi connectivity index (χ1n) is 4.50. The average Bonchev–Trinajstić information content (AvgIpc) is 2.42. The van der Waals surface area contributed by atoms with Crippen LogP contribution in [0.4, 0.5) is 0 Å². The first kappa shape index (κ1) is 8.53. The smallest absolute Gasteiger partial charge is 0.310 e. The van der Waals surface area contributed by atoms with Crippen molar-refractivity contribution in [3.63, 3.8) is 0 Å². The summed E-state index contributed by atoms with van der Waals surface area (Å²) in [4.78, 5) is 22.5. The second-order valence-electron chi connectivity index (χ2n) is 3.61. The summed E-state index contributed by atoms with van der Waals surface area (Å²) in [6, 6.07) is 0. The molecule has 0 spiro atoms. The molecule has 0 aromatic carbocycles. The molecular formula is C9H12O4. The van der Waals surface area contributed by atoms with Gasteiger partial charge in [-0.2, -0.15) is 0 Å². The van der Waals surface area contributed by atoms with Crippen LogP contribution in [0.2, 0.25) is 0 Å². The highest BCUT2D eigenvalue weighted by Gasteiger charge is 2.47. The summed E-state index contributed by atoms with van der Waals surface area (Å²) in [6.07, 6.45) is 2.26. The Morgan fingerprint density at radius 1 is 1.54 bits per heavy atom. The standard InChI is InChI=1S/C9H12O4/c1-12-8(10)6-3-2-5-4-7(6)9(11)13-5/h5-7H,2-4H2,1H3. The van der Waals surface area contributed by atoms with Crippen LogP contribution in [0.5, 0.6) is 0 Å². The second-order valence-corrected chi connectivity index (χ2v) is 3.61. The topological polar surface area (TPSA) is 52.6 Å². The quantitative estimate of drug-likeness (QED) is 0.557. The van der Waals surface area contributed by atoms with Crippen LogP contribution in [0.25, 0.3) is 0 Å². The fourth-order valence-electron chi connectivity index (χ4n) is 2.18. The fraction of sp³-hybridized carbons (Fsp3) is 0.778. The van der Waals surface area contributed by atoms with Crippen LogP contribution in [-0.4, -0.2) is 25.2 Å². The first-order chi connectivity index (χ1) is 6.22. The normalized spacial score (nSPS) is 37.0. The van der Waals surface area contributed by atoms with Crippen molar-refractivity contribution in [2.24, 2.45) is 11.8 Å². The third-order valence-electron chi connectivity index (χ3n) is 2.89. The number of ether oxygens (including phenoxy) is 2. The molecule has 4 heteroatoms. The van der Waals surface area contributed by atoms with E-state index in [2.05, 4.69) is 4.74 Å². The zero-order chi connectivity index (χ0) is 9.42. The van der Waals surface area contributed by atoms with Gasteiger partial charge in [0.15, 0.2) is 0 Å². The van der Waals surface area contributed by atoms with Crippen LogP contribution < -0.4 is 0 Å². The van der Waals surface area contributed by atoms with Gasteiger partial charge in [-0.3, -0.25) is 9.59 Å². The van der Waals surface area contributed by atoms with Gasteiger partial charge in [-0.05, 0) is 19.3 Å². The molecule has 1 heterocycles. The number of esters is 2. The Balaban J connectivity index is 2.13. The van der Waals surface area contributed by atoms with Gasteiger partial charge in [-0.1, -0.05) is 0 Å². The van der Waals surface area contributed by atoms with Gasteiger partial charge in [-0.25, -0.2) is 0 Å². The summed E-state index contributed by atoms with van der Waals surface area (Å²) < 4.78 is 9.71. The molecule has 1 saturated heterocycles. The monoisotopic (exact) mass is 184 g/mol. The van der Waals surface area contributed by atoms with Crippen LogP contribution in [0, 0.1) is 11.8 Å². The molecule has 3 atom stereocenters.